The van der Waals surface area contributed by atoms with Crippen LogP contribution in [0.2, 0.25) is 0 Å². The van der Waals surface area contributed by atoms with Crippen molar-refractivity contribution >= 4 is 44.1 Å². The summed E-state index contributed by atoms with van der Waals surface area (Å²) >= 11 is 1.36. The van der Waals surface area contributed by atoms with Crippen LogP contribution in [0.25, 0.3) is 26.4 Å². The molecule has 10 nitrogen and oxygen atoms in total. The number of urea groups is 1. The highest BCUT2D eigenvalue weighted by Crippen LogP contribution is 2.33. The van der Waals surface area contributed by atoms with Crippen LogP contribution in [0.15, 0.2) is 59.3 Å². The van der Waals surface area contributed by atoms with Gasteiger partial charge >= 0.3 is 6.03 Å². The molecule has 1 saturated heterocycles. The van der Waals surface area contributed by atoms with Crippen LogP contribution in [-0.2, 0) is 10.2 Å². The number of ether oxygens (including phenoxy) is 2. The van der Waals surface area contributed by atoms with E-state index < -0.39 is 63.3 Å². The number of fused-ring (bicyclic) bond motifs is 3. The lowest BCUT2D eigenvalue weighted by Gasteiger charge is -2.36. The lowest BCUT2D eigenvalue weighted by Crippen LogP contribution is -2.56. The molecule has 2 amide bonds. The second-order valence-electron chi connectivity index (χ2n) is 10.6. The van der Waals surface area contributed by atoms with Crippen LogP contribution in [0.3, 0.4) is 0 Å². The summed E-state index contributed by atoms with van der Waals surface area (Å²) in [6, 6.07) is 12.2. The maximum atomic E-state index is 13.9. The molecule has 4 unspecified atom stereocenters. The predicted octanol–water partition coefficient (Wildman–Crippen LogP) is 6.89. The lowest BCUT2D eigenvalue weighted by atomic mass is 9.90. The number of hydrogen-bond acceptors (Lipinski definition) is 8. The topological polar surface area (TPSA) is 106 Å². The Kier molecular flexibility index (Phi) is 9.25. The molecular weight excluding hydrogens is 661 g/mol. The molecule has 47 heavy (non-hydrogen) atoms. The minimum Gasteiger partial charge on any atom is -0.492 e. The maximum absolute atomic E-state index is 13.9. The van der Waals surface area contributed by atoms with Crippen LogP contribution in [0.1, 0.15) is 5.76 Å². The second kappa shape index (κ2) is 13.4. The normalized spacial score (nSPS) is 20.6. The van der Waals surface area contributed by atoms with E-state index in [-0.39, 0.29) is 18.2 Å². The number of amides is 2. The first kappa shape index (κ1) is 32.5. The van der Waals surface area contributed by atoms with Crippen molar-refractivity contribution < 1.29 is 49.5 Å². The van der Waals surface area contributed by atoms with Crippen molar-refractivity contribution in [2.75, 3.05) is 43.8 Å². The quantitative estimate of drug-likeness (QED) is 0.115. The SMILES string of the molecule is O=C(Nc1ccc(-c2cn3c(n2)sc2cc(OCCN4C(F)C(F)OC(F)C4F)ccc23)cc1)Nc1cc(C(CF)(CF)CF)on1. The van der Waals surface area contributed by atoms with E-state index >= 15 is 0 Å². The highest BCUT2D eigenvalue weighted by Gasteiger charge is 2.45. The summed E-state index contributed by atoms with van der Waals surface area (Å²) in [5.74, 6) is -0.126. The fraction of sp³-hybridized carbons (Fsp3) is 0.345. The zero-order chi connectivity index (χ0) is 33.3. The number of anilines is 2. The Labute approximate surface area is 265 Å². The van der Waals surface area contributed by atoms with E-state index in [1.165, 1.54) is 11.3 Å². The number of halogens is 7. The average molecular weight is 687 g/mol. The van der Waals surface area contributed by atoms with Crippen molar-refractivity contribution in [1.29, 1.82) is 0 Å². The van der Waals surface area contributed by atoms with Crippen molar-refractivity contribution in [2.24, 2.45) is 0 Å². The number of rotatable bonds is 11. The number of benzene rings is 2. The fourth-order valence-corrected chi connectivity index (χ4v) is 5.84. The molecule has 5 aromatic rings. The molecule has 4 heterocycles. The van der Waals surface area contributed by atoms with E-state index in [0.717, 1.165) is 21.8 Å². The van der Waals surface area contributed by atoms with Gasteiger partial charge in [0.05, 0.1) is 15.9 Å². The van der Waals surface area contributed by atoms with Gasteiger partial charge in [0.2, 0.25) is 25.3 Å². The van der Waals surface area contributed by atoms with Crippen LogP contribution in [0.5, 0.6) is 5.75 Å². The molecule has 0 bridgehead atoms. The van der Waals surface area contributed by atoms with Gasteiger partial charge in [-0.2, -0.15) is 0 Å². The lowest BCUT2D eigenvalue weighted by molar-refractivity contribution is -0.292. The molecule has 0 spiro atoms. The third kappa shape index (κ3) is 6.44. The van der Waals surface area contributed by atoms with E-state index in [2.05, 4.69) is 25.5 Å². The molecule has 0 radical (unpaired) electrons. The van der Waals surface area contributed by atoms with Gasteiger partial charge in [0, 0.05) is 30.1 Å². The summed E-state index contributed by atoms with van der Waals surface area (Å²) in [6.07, 6.45) is -8.30. The van der Waals surface area contributed by atoms with E-state index in [0.29, 0.717) is 27.0 Å². The van der Waals surface area contributed by atoms with Crippen molar-refractivity contribution in [3.05, 3.63) is 60.5 Å². The molecule has 0 aliphatic carbocycles. The molecule has 2 aromatic carbocycles. The van der Waals surface area contributed by atoms with E-state index in [1.54, 1.807) is 42.5 Å². The van der Waals surface area contributed by atoms with Gasteiger partial charge in [-0.25, -0.2) is 45.4 Å². The zero-order valence-electron chi connectivity index (χ0n) is 24.0. The molecule has 4 atom stereocenters. The highest BCUT2D eigenvalue weighted by molar-refractivity contribution is 7.23. The summed E-state index contributed by atoms with van der Waals surface area (Å²) in [5.41, 5.74) is 0.501. The molecule has 0 saturated carbocycles. The van der Waals surface area contributed by atoms with E-state index in [1.807, 2.05) is 10.6 Å². The summed E-state index contributed by atoms with van der Waals surface area (Å²) in [6.45, 7) is -4.66. The molecule has 1 aliphatic heterocycles. The van der Waals surface area contributed by atoms with Gasteiger partial charge in [-0.1, -0.05) is 28.6 Å². The molecule has 6 rings (SSSR count). The third-order valence-electron chi connectivity index (χ3n) is 7.49. The second-order valence-corrected chi connectivity index (χ2v) is 11.6. The van der Waals surface area contributed by atoms with Crippen LogP contribution in [0.4, 0.5) is 47.0 Å². The van der Waals surface area contributed by atoms with Crippen molar-refractivity contribution in [1.82, 2.24) is 19.4 Å². The van der Waals surface area contributed by atoms with Gasteiger partial charge in [-0.3, -0.25) is 9.72 Å². The van der Waals surface area contributed by atoms with Gasteiger partial charge in [-0.05, 0) is 30.3 Å². The molecule has 250 valence electrons. The fourth-order valence-electron chi connectivity index (χ4n) is 4.81. The Morgan fingerprint density at radius 1 is 0.957 bits per heavy atom. The zero-order valence-corrected chi connectivity index (χ0v) is 24.8. The van der Waals surface area contributed by atoms with Crippen molar-refractivity contribution in [2.45, 2.75) is 30.7 Å². The van der Waals surface area contributed by atoms with E-state index in [9.17, 15) is 35.5 Å². The molecular formula is C29H25F7N6O4S. The molecule has 18 heteroatoms. The Hall–Kier alpha value is -4.42. The van der Waals surface area contributed by atoms with Crippen LogP contribution >= 0.6 is 11.3 Å². The average Bonchev–Trinajstić information content (AvgIpc) is 3.79. The van der Waals surface area contributed by atoms with Crippen molar-refractivity contribution in [3.8, 4) is 17.0 Å². The number of morpholine rings is 1. The summed E-state index contributed by atoms with van der Waals surface area (Å²) in [7, 11) is 0. The Morgan fingerprint density at radius 2 is 1.66 bits per heavy atom. The monoisotopic (exact) mass is 686 g/mol. The van der Waals surface area contributed by atoms with Crippen LogP contribution < -0.4 is 15.4 Å². The highest BCUT2D eigenvalue weighted by atomic mass is 32.1. The molecule has 2 N–H and O–H groups in total. The van der Waals surface area contributed by atoms with Gasteiger partial charge < -0.3 is 19.3 Å². The van der Waals surface area contributed by atoms with Crippen LogP contribution in [-0.4, -0.2) is 84.0 Å². The summed E-state index contributed by atoms with van der Waals surface area (Å²) < 4.78 is 112. The number of carbonyl (C=O) groups is 1. The smallest absolute Gasteiger partial charge is 0.324 e. The number of hydrogen-bond donors (Lipinski definition) is 2. The number of thiazole rings is 1. The number of alkyl halides is 7. The first-order valence-electron chi connectivity index (χ1n) is 14.0. The summed E-state index contributed by atoms with van der Waals surface area (Å²) in [4.78, 5) is 18.1. The number of aromatic nitrogens is 3. The predicted molar refractivity (Wildman–Crippen MR) is 158 cm³/mol. The number of nitrogens with zero attached hydrogens (tertiary/aromatic N) is 4. The standard InChI is InChI=1S/C29H25F7N6O4S/c30-12-29(13-31,14-32)21-10-22(40-46-21)39-27(43)37-16-3-1-15(2-4-16)18-11-42-19-6-5-17(9-20(19)47-28(42)38-18)44-8-7-41-23(33)25(35)45-26(36)24(41)34/h1-6,9-11,23-26H,7-8,12-14H2,(H2,37,39,40,43). The first-order chi connectivity index (χ1) is 22.6. The minimum absolute atomic E-state index is 0.150. The maximum Gasteiger partial charge on any atom is 0.324 e. The van der Waals surface area contributed by atoms with Crippen LogP contribution in [0, 0.1) is 0 Å². The van der Waals surface area contributed by atoms with Gasteiger partial charge in [-0.15, -0.1) is 0 Å². The number of carbonyl (C=O) groups excluding carboxylic acids is 1. The Bertz CT molecular complexity index is 1830. The number of nitrogens with one attached hydrogen (secondary N) is 2. The third-order valence-corrected chi connectivity index (χ3v) is 8.51. The molecule has 3 aromatic heterocycles. The molecule has 1 fully saturated rings. The Balaban J connectivity index is 1.06. The van der Waals surface area contributed by atoms with Gasteiger partial charge in [0.25, 0.3) is 0 Å². The van der Waals surface area contributed by atoms with Gasteiger partial charge in [0.15, 0.2) is 16.5 Å². The van der Waals surface area contributed by atoms with Crippen molar-refractivity contribution in [3.63, 3.8) is 0 Å². The largest absolute Gasteiger partial charge is 0.492 e. The Morgan fingerprint density at radius 3 is 2.34 bits per heavy atom. The first-order valence-corrected chi connectivity index (χ1v) is 14.8. The number of imidazole rings is 1. The van der Waals surface area contributed by atoms with Gasteiger partial charge in [0.1, 0.15) is 37.8 Å². The summed E-state index contributed by atoms with van der Waals surface area (Å²) in [5, 5.41) is 8.47. The minimum atomic E-state index is -2.60. The molecule has 1 aliphatic rings. The van der Waals surface area contributed by atoms with E-state index in [4.69, 9.17) is 9.26 Å².